The molecule has 0 aromatic heterocycles. The second kappa shape index (κ2) is 13.6. The van der Waals surface area contributed by atoms with Gasteiger partial charge in [-0.3, -0.25) is 0 Å². The van der Waals surface area contributed by atoms with Gasteiger partial charge < -0.3 is 18.6 Å². The minimum atomic E-state index is -2.43. The molecule has 0 aliphatic rings. The van der Waals surface area contributed by atoms with E-state index in [1.165, 1.54) is 24.8 Å². The molecule has 1 aromatic carbocycles. The Morgan fingerprint density at radius 3 is 1.96 bits per heavy atom. The van der Waals surface area contributed by atoms with Gasteiger partial charge in [0.25, 0.3) is 0 Å². The second-order valence-electron chi connectivity index (χ2n) is 5.81. The molecule has 0 aliphatic carbocycles. The summed E-state index contributed by atoms with van der Waals surface area (Å²) in [4.78, 5) is 0. The third-order valence-electron chi connectivity index (χ3n) is 3.85. The van der Waals surface area contributed by atoms with Gasteiger partial charge in [0.1, 0.15) is 0 Å². The molecule has 0 saturated carbocycles. The molecule has 4 nitrogen and oxygen atoms in total. The lowest BCUT2D eigenvalue weighted by Gasteiger charge is -2.28. The molecule has 0 spiro atoms. The zero-order valence-corrected chi connectivity index (χ0v) is 16.7. The average molecular weight is 354 g/mol. The molecule has 138 valence electrons. The van der Waals surface area contributed by atoms with E-state index in [0.717, 1.165) is 25.6 Å². The molecule has 0 bridgehead atoms. The van der Waals surface area contributed by atoms with Crippen LogP contribution in [0.25, 0.3) is 0 Å². The molecule has 24 heavy (non-hydrogen) atoms. The fraction of sp³-hybridized carbons (Fsp3) is 0.684. The Morgan fingerprint density at radius 1 is 0.792 bits per heavy atom. The van der Waals surface area contributed by atoms with E-state index in [1.54, 1.807) is 0 Å². The van der Waals surface area contributed by atoms with Crippen LogP contribution in [0.2, 0.25) is 6.04 Å². The van der Waals surface area contributed by atoms with Gasteiger partial charge in [0.2, 0.25) is 0 Å². The van der Waals surface area contributed by atoms with Gasteiger partial charge in [0.15, 0.2) is 0 Å². The van der Waals surface area contributed by atoms with Crippen molar-refractivity contribution in [3.8, 4) is 0 Å². The predicted octanol–water partition coefficient (Wildman–Crippen LogP) is 4.39. The van der Waals surface area contributed by atoms with Crippen molar-refractivity contribution >= 4 is 8.80 Å². The normalized spacial score (nSPS) is 11.8. The van der Waals surface area contributed by atoms with Gasteiger partial charge in [0.05, 0.1) is 0 Å². The van der Waals surface area contributed by atoms with Crippen molar-refractivity contribution in [3.05, 3.63) is 35.9 Å². The Labute approximate surface area is 149 Å². The van der Waals surface area contributed by atoms with Gasteiger partial charge in [-0.2, -0.15) is 0 Å². The maximum atomic E-state index is 5.89. The molecule has 0 radical (unpaired) electrons. The first-order valence-corrected chi connectivity index (χ1v) is 11.4. The number of unbranched alkanes of at least 4 members (excludes halogenated alkanes) is 3. The Balaban J connectivity index is 2.12. The molecule has 5 heteroatoms. The SMILES string of the molecule is CCO[Si](CCCCCCNCc1ccccc1)(OCC)OCC. The molecule has 0 fully saturated rings. The maximum absolute atomic E-state index is 5.89. The zero-order valence-electron chi connectivity index (χ0n) is 15.7. The monoisotopic (exact) mass is 353 g/mol. The molecule has 0 saturated heterocycles. The fourth-order valence-electron chi connectivity index (χ4n) is 2.77. The third kappa shape index (κ3) is 8.94. The summed E-state index contributed by atoms with van der Waals surface area (Å²) in [5.74, 6) is 0. The lowest BCUT2D eigenvalue weighted by molar-refractivity contribution is 0.0706. The van der Waals surface area contributed by atoms with Crippen LogP contribution >= 0.6 is 0 Å². The van der Waals surface area contributed by atoms with Crippen LogP contribution in [-0.2, 0) is 19.8 Å². The van der Waals surface area contributed by atoms with Crippen molar-refractivity contribution in [2.24, 2.45) is 0 Å². The maximum Gasteiger partial charge on any atom is 0.500 e. The summed E-state index contributed by atoms with van der Waals surface area (Å²) < 4.78 is 17.7. The standard InChI is InChI=1S/C19H35NO3Si/c1-4-21-24(22-5-2,23-6-3)17-13-8-7-12-16-20-18-19-14-10-9-11-15-19/h9-11,14-15,20H,4-8,12-13,16-18H2,1-3H3. The van der Waals surface area contributed by atoms with Crippen LogP contribution in [0.5, 0.6) is 0 Å². The van der Waals surface area contributed by atoms with Crippen molar-refractivity contribution in [3.63, 3.8) is 0 Å². The molecule has 1 N–H and O–H groups in total. The van der Waals surface area contributed by atoms with Crippen LogP contribution in [0, 0.1) is 0 Å². The molecule has 0 atom stereocenters. The summed E-state index contributed by atoms with van der Waals surface area (Å²) >= 11 is 0. The Morgan fingerprint density at radius 2 is 1.38 bits per heavy atom. The summed E-state index contributed by atoms with van der Waals surface area (Å²) in [6, 6.07) is 11.5. The number of benzene rings is 1. The number of hydrogen-bond acceptors (Lipinski definition) is 4. The molecular weight excluding hydrogens is 318 g/mol. The number of rotatable bonds is 15. The van der Waals surface area contributed by atoms with E-state index < -0.39 is 8.80 Å². The highest BCUT2D eigenvalue weighted by atomic mass is 28.4. The topological polar surface area (TPSA) is 39.7 Å². The average Bonchev–Trinajstić information content (AvgIpc) is 2.59. The molecule has 1 rings (SSSR count). The molecular formula is C19H35NO3Si. The summed E-state index contributed by atoms with van der Waals surface area (Å²) in [7, 11) is -2.43. The predicted molar refractivity (Wildman–Crippen MR) is 102 cm³/mol. The molecule has 1 aromatic rings. The van der Waals surface area contributed by atoms with E-state index in [1.807, 2.05) is 20.8 Å². The van der Waals surface area contributed by atoms with Crippen LogP contribution in [0.15, 0.2) is 30.3 Å². The van der Waals surface area contributed by atoms with Gasteiger partial charge in [-0.25, -0.2) is 0 Å². The van der Waals surface area contributed by atoms with Gasteiger partial charge >= 0.3 is 8.80 Å². The Hall–Kier alpha value is -0.723. The minimum Gasteiger partial charge on any atom is -0.374 e. The van der Waals surface area contributed by atoms with Crippen LogP contribution in [0.1, 0.15) is 52.0 Å². The van der Waals surface area contributed by atoms with E-state index >= 15 is 0 Å². The summed E-state index contributed by atoms with van der Waals surface area (Å²) in [5.41, 5.74) is 1.35. The first-order valence-electron chi connectivity index (χ1n) is 9.42. The summed E-state index contributed by atoms with van der Waals surface area (Å²) in [5, 5.41) is 3.50. The molecule has 0 amide bonds. The van der Waals surface area contributed by atoms with Gasteiger partial charge in [-0.1, -0.05) is 43.2 Å². The van der Waals surface area contributed by atoms with E-state index in [0.29, 0.717) is 19.8 Å². The van der Waals surface area contributed by atoms with Crippen molar-refractivity contribution < 1.29 is 13.3 Å². The van der Waals surface area contributed by atoms with Gasteiger partial charge in [-0.05, 0) is 45.7 Å². The van der Waals surface area contributed by atoms with Crippen LogP contribution < -0.4 is 5.32 Å². The largest absolute Gasteiger partial charge is 0.500 e. The van der Waals surface area contributed by atoms with E-state index in [-0.39, 0.29) is 0 Å². The van der Waals surface area contributed by atoms with Crippen molar-refractivity contribution in [1.29, 1.82) is 0 Å². The van der Waals surface area contributed by atoms with E-state index in [4.69, 9.17) is 13.3 Å². The van der Waals surface area contributed by atoms with Crippen molar-refractivity contribution in [2.45, 2.75) is 59.0 Å². The van der Waals surface area contributed by atoms with Crippen LogP contribution in [0.4, 0.5) is 0 Å². The van der Waals surface area contributed by atoms with Gasteiger partial charge in [-0.15, -0.1) is 0 Å². The van der Waals surface area contributed by atoms with E-state index in [9.17, 15) is 0 Å². The molecule has 0 heterocycles. The quantitative estimate of drug-likeness (QED) is 0.375. The Bertz CT molecular complexity index is 386. The minimum absolute atomic E-state index is 0.662. The van der Waals surface area contributed by atoms with Crippen molar-refractivity contribution in [2.75, 3.05) is 26.4 Å². The third-order valence-corrected chi connectivity index (χ3v) is 7.00. The van der Waals surface area contributed by atoms with Crippen LogP contribution in [0.3, 0.4) is 0 Å². The highest BCUT2D eigenvalue weighted by Crippen LogP contribution is 2.20. The molecule has 0 unspecified atom stereocenters. The highest BCUT2D eigenvalue weighted by Gasteiger charge is 2.39. The summed E-state index contributed by atoms with van der Waals surface area (Å²) in [6.07, 6.45) is 4.76. The molecule has 0 aliphatic heterocycles. The number of nitrogens with one attached hydrogen (secondary N) is 1. The lowest BCUT2D eigenvalue weighted by atomic mass is 10.2. The fourth-order valence-corrected chi connectivity index (χ4v) is 5.46. The highest BCUT2D eigenvalue weighted by molar-refractivity contribution is 6.60. The zero-order chi connectivity index (χ0) is 17.5. The Kier molecular flexibility index (Phi) is 12.0. The summed E-state index contributed by atoms with van der Waals surface area (Å²) in [6.45, 7) is 10.0. The number of hydrogen-bond donors (Lipinski definition) is 1. The second-order valence-corrected chi connectivity index (χ2v) is 8.54. The smallest absolute Gasteiger partial charge is 0.374 e. The van der Waals surface area contributed by atoms with E-state index in [2.05, 4.69) is 35.6 Å². The first kappa shape index (κ1) is 21.3. The van der Waals surface area contributed by atoms with Gasteiger partial charge in [0, 0.05) is 32.4 Å². The lowest BCUT2D eigenvalue weighted by Crippen LogP contribution is -2.45. The first-order chi connectivity index (χ1) is 11.8. The van der Waals surface area contributed by atoms with Crippen LogP contribution in [-0.4, -0.2) is 35.2 Å². The van der Waals surface area contributed by atoms with Crippen molar-refractivity contribution in [1.82, 2.24) is 5.32 Å².